The number of hydrogen-bond donors (Lipinski definition) is 2. The lowest BCUT2D eigenvalue weighted by Gasteiger charge is -2.17. The van der Waals surface area contributed by atoms with Crippen LogP contribution in [-0.4, -0.2) is 19.7 Å². The van der Waals surface area contributed by atoms with Gasteiger partial charge in [-0.05, 0) is 37.1 Å². The van der Waals surface area contributed by atoms with Crippen LogP contribution in [0.25, 0.3) is 0 Å². The Kier molecular flexibility index (Phi) is 7.14. The molecule has 1 rings (SSSR count). The zero-order chi connectivity index (χ0) is 13.2. The third-order valence-corrected chi connectivity index (χ3v) is 2.71. The molecule has 1 aromatic carbocycles. The van der Waals surface area contributed by atoms with Crippen molar-refractivity contribution in [3.63, 3.8) is 0 Å². The van der Waals surface area contributed by atoms with Crippen LogP contribution in [0.4, 0.5) is 0 Å². The van der Waals surface area contributed by atoms with Crippen molar-refractivity contribution in [3.8, 4) is 5.75 Å². The summed E-state index contributed by atoms with van der Waals surface area (Å²) in [6.45, 7) is 8.04. The standard InChI is InChI=1S/C15H24N2O/c1-3-5-9-17-15(12-16)13-7-6-8-14(11-13)18-10-4-2/h3,6-8,11,15,17H,1,4-5,9-10,12,16H2,2H3. The quantitative estimate of drug-likeness (QED) is 0.522. The van der Waals surface area contributed by atoms with Crippen molar-refractivity contribution in [3.05, 3.63) is 42.5 Å². The van der Waals surface area contributed by atoms with Gasteiger partial charge in [0.2, 0.25) is 0 Å². The van der Waals surface area contributed by atoms with E-state index in [1.54, 1.807) is 0 Å². The first-order valence-electron chi connectivity index (χ1n) is 6.59. The van der Waals surface area contributed by atoms with Gasteiger partial charge in [-0.25, -0.2) is 0 Å². The van der Waals surface area contributed by atoms with Gasteiger partial charge >= 0.3 is 0 Å². The van der Waals surface area contributed by atoms with Gasteiger partial charge < -0.3 is 15.8 Å². The molecule has 3 N–H and O–H groups in total. The largest absolute Gasteiger partial charge is 0.494 e. The van der Waals surface area contributed by atoms with E-state index in [4.69, 9.17) is 10.5 Å². The number of benzene rings is 1. The van der Waals surface area contributed by atoms with Gasteiger partial charge in [0.15, 0.2) is 0 Å². The highest BCUT2D eigenvalue weighted by Gasteiger charge is 2.09. The van der Waals surface area contributed by atoms with Gasteiger partial charge in [-0.3, -0.25) is 0 Å². The highest BCUT2D eigenvalue weighted by molar-refractivity contribution is 5.30. The molecule has 1 aromatic rings. The molecule has 0 fully saturated rings. The maximum atomic E-state index is 5.81. The molecule has 0 radical (unpaired) electrons. The van der Waals surface area contributed by atoms with E-state index >= 15 is 0 Å². The van der Waals surface area contributed by atoms with Crippen molar-refractivity contribution in [2.75, 3.05) is 19.7 Å². The first-order chi connectivity index (χ1) is 8.81. The minimum atomic E-state index is 0.176. The van der Waals surface area contributed by atoms with Gasteiger partial charge in [-0.15, -0.1) is 6.58 Å². The molecule has 3 heteroatoms. The monoisotopic (exact) mass is 248 g/mol. The molecule has 18 heavy (non-hydrogen) atoms. The van der Waals surface area contributed by atoms with Gasteiger partial charge in [0.1, 0.15) is 5.75 Å². The fourth-order valence-corrected chi connectivity index (χ4v) is 1.74. The fraction of sp³-hybridized carbons (Fsp3) is 0.467. The van der Waals surface area contributed by atoms with E-state index in [0.29, 0.717) is 6.54 Å². The van der Waals surface area contributed by atoms with Gasteiger partial charge in [-0.2, -0.15) is 0 Å². The van der Waals surface area contributed by atoms with Crippen LogP contribution in [0.15, 0.2) is 36.9 Å². The summed E-state index contributed by atoms with van der Waals surface area (Å²) < 4.78 is 5.63. The Labute approximate surface area is 110 Å². The average molecular weight is 248 g/mol. The van der Waals surface area contributed by atoms with E-state index in [1.807, 2.05) is 18.2 Å². The molecule has 0 saturated carbocycles. The predicted octanol–water partition coefficient (Wildman–Crippen LogP) is 2.64. The first-order valence-corrected chi connectivity index (χ1v) is 6.59. The van der Waals surface area contributed by atoms with Crippen LogP contribution in [0.1, 0.15) is 31.4 Å². The Morgan fingerprint density at radius 2 is 2.33 bits per heavy atom. The normalized spacial score (nSPS) is 12.1. The SMILES string of the molecule is C=CCCNC(CN)c1cccc(OCCC)c1. The number of nitrogens with two attached hydrogens (primary N) is 1. The fourth-order valence-electron chi connectivity index (χ4n) is 1.74. The third-order valence-electron chi connectivity index (χ3n) is 2.71. The average Bonchev–Trinajstić information content (AvgIpc) is 2.42. The molecular weight excluding hydrogens is 224 g/mol. The Hall–Kier alpha value is -1.32. The summed E-state index contributed by atoms with van der Waals surface area (Å²) in [5.74, 6) is 0.915. The molecule has 1 unspecified atom stereocenters. The van der Waals surface area contributed by atoms with Crippen molar-refractivity contribution < 1.29 is 4.74 Å². The smallest absolute Gasteiger partial charge is 0.119 e. The molecule has 0 bridgehead atoms. The summed E-state index contributed by atoms with van der Waals surface area (Å²) >= 11 is 0. The molecule has 0 saturated heterocycles. The summed E-state index contributed by atoms with van der Waals surface area (Å²) in [5, 5.41) is 3.42. The van der Waals surface area contributed by atoms with E-state index in [0.717, 1.165) is 31.7 Å². The summed E-state index contributed by atoms with van der Waals surface area (Å²) in [5.41, 5.74) is 6.98. The summed E-state index contributed by atoms with van der Waals surface area (Å²) in [6, 6.07) is 8.31. The first kappa shape index (κ1) is 14.7. The minimum absolute atomic E-state index is 0.176. The zero-order valence-electron chi connectivity index (χ0n) is 11.2. The van der Waals surface area contributed by atoms with Crippen molar-refractivity contribution in [2.24, 2.45) is 5.73 Å². The molecule has 0 aliphatic heterocycles. The van der Waals surface area contributed by atoms with Crippen molar-refractivity contribution in [2.45, 2.75) is 25.8 Å². The highest BCUT2D eigenvalue weighted by atomic mass is 16.5. The van der Waals surface area contributed by atoms with E-state index in [1.165, 1.54) is 5.56 Å². The van der Waals surface area contributed by atoms with E-state index in [2.05, 4.69) is 31.0 Å². The second kappa shape index (κ2) is 8.72. The van der Waals surface area contributed by atoms with E-state index in [9.17, 15) is 0 Å². The van der Waals surface area contributed by atoms with E-state index in [-0.39, 0.29) is 6.04 Å². The van der Waals surface area contributed by atoms with Crippen LogP contribution in [0.5, 0.6) is 5.75 Å². The Bertz CT molecular complexity index is 352. The van der Waals surface area contributed by atoms with Crippen LogP contribution in [0.2, 0.25) is 0 Å². The lowest BCUT2D eigenvalue weighted by molar-refractivity contribution is 0.316. The van der Waals surface area contributed by atoms with Gasteiger partial charge in [0.05, 0.1) is 6.61 Å². The van der Waals surface area contributed by atoms with Crippen LogP contribution < -0.4 is 15.8 Å². The lowest BCUT2D eigenvalue weighted by atomic mass is 10.1. The predicted molar refractivity (Wildman–Crippen MR) is 76.8 cm³/mol. The molecular formula is C15H24N2O. The van der Waals surface area contributed by atoms with Gasteiger partial charge in [0.25, 0.3) is 0 Å². The Morgan fingerprint density at radius 3 is 3.00 bits per heavy atom. The second-order valence-corrected chi connectivity index (χ2v) is 4.24. The second-order valence-electron chi connectivity index (χ2n) is 4.24. The lowest BCUT2D eigenvalue weighted by Crippen LogP contribution is -2.28. The number of ether oxygens (including phenoxy) is 1. The molecule has 0 aromatic heterocycles. The minimum Gasteiger partial charge on any atom is -0.494 e. The highest BCUT2D eigenvalue weighted by Crippen LogP contribution is 2.19. The molecule has 100 valence electrons. The maximum absolute atomic E-state index is 5.81. The van der Waals surface area contributed by atoms with Gasteiger partial charge in [-0.1, -0.05) is 25.1 Å². The Balaban J connectivity index is 2.63. The third kappa shape index (κ3) is 4.90. The number of rotatable bonds is 9. The molecule has 0 aliphatic carbocycles. The summed E-state index contributed by atoms with van der Waals surface area (Å²) in [7, 11) is 0. The molecule has 1 atom stereocenters. The topological polar surface area (TPSA) is 47.3 Å². The van der Waals surface area contributed by atoms with E-state index < -0.39 is 0 Å². The summed E-state index contributed by atoms with van der Waals surface area (Å²) in [4.78, 5) is 0. The molecule has 3 nitrogen and oxygen atoms in total. The molecule has 0 amide bonds. The number of nitrogens with one attached hydrogen (secondary N) is 1. The van der Waals surface area contributed by atoms with Crippen LogP contribution in [0, 0.1) is 0 Å². The zero-order valence-corrected chi connectivity index (χ0v) is 11.2. The molecule has 0 aliphatic rings. The summed E-state index contributed by atoms with van der Waals surface area (Å²) in [6.07, 6.45) is 3.87. The maximum Gasteiger partial charge on any atom is 0.119 e. The van der Waals surface area contributed by atoms with Crippen molar-refractivity contribution in [1.29, 1.82) is 0 Å². The Morgan fingerprint density at radius 1 is 1.50 bits per heavy atom. The molecule has 0 spiro atoms. The van der Waals surface area contributed by atoms with Crippen LogP contribution >= 0.6 is 0 Å². The van der Waals surface area contributed by atoms with Crippen molar-refractivity contribution in [1.82, 2.24) is 5.32 Å². The molecule has 0 heterocycles. The van der Waals surface area contributed by atoms with Gasteiger partial charge in [0, 0.05) is 12.6 Å². The van der Waals surface area contributed by atoms with Crippen LogP contribution in [-0.2, 0) is 0 Å². The van der Waals surface area contributed by atoms with Crippen molar-refractivity contribution >= 4 is 0 Å². The number of hydrogen-bond acceptors (Lipinski definition) is 3. The van der Waals surface area contributed by atoms with Crippen LogP contribution in [0.3, 0.4) is 0 Å².